The quantitative estimate of drug-likeness (QED) is 0.239. The molecular weight excluding hydrogens is 480 g/mol. The average molecular weight is 501 g/mol. The second-order valence-electron chi connectivity index (χ2n) is 9.89. The van der Waals surface area contributed by atoms with Crippen molar-refractivity contribution >= 4 is 65.7 Å². The first-order chi connectivity index (χ1) is 19.4. The van der Waals surface area contributed by atoms with Crippen LogP contribution in [0, 0.1) is 0 Å². The average Bonchev–Trinajstić information content (AvgIpc) is 3.65. The Balaban J connectivity index is 1.53. The van der Waals surface area contributed by atoms with Gasteiger partial charge in [-0.2, -0.15) is 0 Å². The maximum atomic E-state index is 6.13. The van der Waals surface area contributed by atoms with E-state index in [1.807, 2.05) is 18.3 Å². The van der Waals surface area contributed by atoms with Crippen LogP contribution >= 0.6 is 0 Å². The molecule has 5 heteroatoms. The predicted octanol–water partition coefficient (Wildman–Crippen LogP) is 8.57. The van der Waals surface area contributed by atoms with E-state index in [-0.39, 0.29) is 0 Å². The highest BCUT2D eigenvalue weighted by Gasteiger charge is 2.22. The SMILES string of the molecule is c1ccc(-n2c3ccccc3c3ccc4c(c5ccccc5n4-c4cccc5oc6ncncc6c45)c32)cc1. The van der Waals surface area contributed by atoms with Gasteiger partial charge in [-0.05, 0) is 42.5 Å². The fraction of sp³-hybridized carbons (Fsp3) is 0. The molecule has 0 unspecified atom stereocenters. The van der Waals surface area contributed by atoms with Crippen molar-refractivity contribution in [1.29, 1.82) is 0 Å². The van der Waals surface area contributed by atoms with Crippen LogP contribution in [-0.2, 0) is 0 Å². The molecule has 0 saturated heterocycles. The highest BCUT2D eigenvalue weighted by molar-refractivity contribution is 6.26. The molecule has 0 aliphatic heterocycles. The molecule has 0 aliphatic carbocycles. The Bertz CT molecular complexity index is 2390. The molecule has 0 radical (unpaired) electrons. The first-order valence-corrected chi connectivity index (χ1v) is 13.0. The predicted molar refractivity (Wildman–Crippen MR) is 158 cm³/mol. The molecule has 0 saturated carbocycles. The summed E-state index contributed by atoms with van der Waals surface area (Å²) in [5.41, 5.74) is 8.28. The minimum absolute atomic E-state index is 0.597. The summed E-state index contributed by atoms with van der Waals surface area (Å²) in [5, 5.41) is 6.84. The molecule has 0 amide bonds. The van der Waals surface area contributed by atoms with Gasteiger partial charge in [-0.15, -0.1) is 0 Å². The van der Waals surface area contributed by atoms with Crippen LogP contribution in [0.4, 0.5) is 0 Å². The summed E-state index contributed by atoms with van der Waals surface area (Å²) >= 11 is 0. The second-order valence-corrected chi connectivity index (χ2v) is 9.89. The molecule has 39 heavy (non-hydrogen) atoms. The minimum Gasteiger partial charge on any atom is -0.438 e. The Hall–Kier alpha value is -5.42. The molecule has 0 N–H and O–H groups in total. The Labute approximate surface area is 222 Å². The van der Waals surface area contributed by atoms with Gasteiger partial charge in [0.05, 0.1) is 38.5 Å². The lowest BCUT2D eigenvalue weighted by Gasteiger charge is -2.10. The van der Waals surface area contributed by atoms with Crippen LogP contribution in [0.5, 0.6) is 0 Å². The van der Waals surface area contributed by atoms with Gasteiger partial charge in [-0.3, -0.25) is 0 Å². The summed E-state index contributed by atoms with van der Waals surface area (Å²) in [4.78, 5) is 8.69. The fourth-order valence-electron chi connectivity index (χ4n) is 6.35. The summed E-state index contributed by atoms with van der Waals surface area (Å²) < 4.78 is 10.9. The lowest BCUT2D eigenvalue weighted by atomic mass is 10.1. The van der Waals surface area contributed by atoms with Gasteiger partial charge in [0.25, 0.3) is 0 Å². The topological polar surface area (TPSA) is 48.8 Å². The van der Waals surface area contributed by atoms with E-state index in [1.54, 1.807) is 0 Å². The fourth-order valence-corrected chi connectivity index (χ4v) is 6.35. The zero-order valence-electron chi connectivity index (χ0n) is 20.7. The smallest absolute Gasteiger partial charge is 0.230 e. The highest BCUT2D eigenvalue weighted by atomic mass is 16.3. The lowest BCUT2D eigenvalue weighted by molar-refractivity contribution is 0.652. The molecular formula is C34H20N4O. The van der Waals surface area contributed by atoms with Gasteiger partial charge < -0.3 is 13.6 Å². The number of furan rings is 1. The van der Waals surface area contributed by atoms with E-state index in [1.165, 1.54) is 38.9 Å². The Morgan fingerprint density at radius 1 is 0.538 bits per heavy atom. The van der Waals surface area contributed by atoms with Crippen molar-refractivity contribution in [2.24, 2.45) is 0 Å². The van der Waals surface area contributed by atoms with E-state index in [0.717, 1.165) is 38.8 Å². The Morgan fingerprint density at radius 2 is 1.31 bits per heavy atom. The molecule has 0 spiro atoms. The number of benzene rings is 5. The number of rotatable bonds is 2. The first kappa shape index (κ1) is 20.6. The van der Waals surface area contributed by atoms with Gasteiger partial charge in [0.1, 0.15) is 11.9 Å². The largest absolute Gasteiger partial charge is 0.438 e. The van der Waals surface area contributed by atoms with Crippen molar-refractivity contribution in [2.45, 2.75) is 0 Å². The number of para-hydroxylation sites is 3. The number of aromatic nitrogens is 4. The van der Waals surface area contributed by atoms with Gasteiger partial charge in [0.2, 0.25) is 5.71 Å². The Kier molecular flexibility index (Phi) is 3.99. The van der Waals surface area contributed by atoms with Gasteiger partial charge in [-0.1, -0.05) is 66.7 Å². The van der Waals surface area contributed by atoms with Crippen molar-refractivity contribution in [3.63, 3.8) is 0 Å². The van der Waals surface area contributed by atoms with E-state index >= 15 is 0 Å². The normalized spacial score (nSPS) is 12.1. The molecule has 5 aromatic carbocycles. The number of nitrogens with zero attached hydrogens (tertiary/aromatic N) is 4. The molecule has 9 rings (SSSR count). The van der Waals surface area contributed by atoms with Gasteiger partial charge in [0, 0.05) is 33.4 Å². The molecule has 9 aromatic rings. The third-order valence-corrected chi connectivity index (χ3v) is 7.88. The van der Waals surface area contributed by atoms with Crippen molar-refractivity contribution < 1.29 is 4.42 Å². The van der Waals surface area contributed by atoms with Crippen LogP contribution in [0.15, 0.2) is 126 Å². The maximum Gasteiger partial charge on any atom is 0.230 e. The van der Waals surface area contributed by atoms with Crippen LogP contribution in [0.25, 0.3) is 77.1 Å². The molecule has 0 bridgehead atoms. The van der Waals surface area contributed by atoms with E-state index in [0.29, 0.717) is 5.71 Å². The van der Waals surface area contributed by atoms with Crippen LogP contribution in [-0.4, -0.2) is 19.1 Å². The summed E-state index contributed by atoms with van der Waals surface area (Å²) in [6.45, 7) is 0. The lowest BCUT2D eigenvalue weighted by Crippen LogP contribution is -1.96. The van der Waals surface area contributed by atoms with E-state index in [4.69, 9.17) is 4.42 Å². The third-order valence-electron chi connectivity index (χ3n) is 7.88. The molecule has 4 aromatic heterocycles. The first-order valence-electron chi connectivity index (χ1n) is 13.0. The van der Waals surface area contributed by atoms with E-state index in [9.17, 15) is 0 Å². The van der Waals surface area contributed by atoms with E-state index < -0.39 is 0 Å². The zero-order chi connectivity index (χ0) is 25.5. The summed E-state index contributed by atoms with van der Waals surface area (Å²) in [5.74, 6) is 0. The van der Waals surface area contributed by atoms with Crippen LogP contribution < -0.4 is 0 Å². The van der Waals surface area contributed by atoms with Crippen LogP contribution in [0.1, 0.15) is 0 Å². The Morgan fingerprint density at radius 3 is 2.18 bits per heavy atom. The number of hydrogen-bond acceptors (Lipinski definition) is 3. The summed E-state index contributed by atoms with van der Waals surface area (Å²) in [6, 6.07) is 38.7. The third kappa shape index (κ3) is 2.68. The van der Waals surface area contributed by atoms with Crippen molar-refractivity contribution in [3.05, 3.63) is 122 Å². The number of fused-ring (bicyclic) bond motifs is 10. The summed E-state index contributed by atoms with van der Waals surface area (Å²) in [6.07, 6.45) is 3.38. The molecule has 0 aliphatic rings. The molecule has 0 atom stereocenters. The maximum absolute atomic E-state index is 6.13. The molecule has 182 valence electrons. The van der Waals surface area contributed by atoms with Crippen molar-refractivity contribution in [2.75, 3.05) is 0 Å². The standard InChI is InChI=1S/C34H20N4O/c1-2-9-21(10-3-1)37-26-13-6-4-11-22(26)23-17-18-29-32(33(23)37)24-12-5-7-14-27(24)38(29)28-15-8-16-30-31(28)25-19-35-20-36-34(25)39-30/h1-20H. The van der Waals surface area contributed by atoms with Crippen molar-refractivity contribution in [3.8, 4) is 11.4 Å². The van der Waals surface area contributed by atoms with Gasteiger partial charge in [0.15, 0.2) is 0 Å². The van der Waals surface area contributed by atoms with Gasteiger partial charge in [-0.25, -0.2) is 9.97 Å². The minimum atomic E-state index is 0.597. The molecule has 5 nitrogen and oxygen atoms in total. The number of hydrogen-bond donors (Lipinski definition) is 0. The summed E-state index contributed by atoms with van der Waals surface area (Å²) in [7, 11) is 0. The van der Waals surface area contributed by atoms with Gasteiger partial charge >= 0.3 is 0 Å². The second kappa shape index (κ2) is 7.55. The highest BCUT2D eigenvalue weighted by Crippen LogP contribution is 2.43. The van der Waals surface area contributed by atoms with Crippen LogP contribution in [0.2, 0.25) is 0 Å². The van der Waals surface area contributed by atoms with Crippen molar-refractivity contribution in [1.82, 2.24) is 19.1 Å². The van der Waals surface area contributed by atoms with E-state index in [2.05, 4.69) is 116 Å². The monoisotopic (exact) mass is 500 g/mol. The zero-order valence-corrected chi connectivity index (χ0v) is 20.7. The molecule has 0 fully saturated rings. The molecule has 4 heterocycles. The van der Waals surface area contributed by atoms with Crippen LogP contribution in [0.3, 0.4) is 0 Å².